The molecule has 1 heterocycles. The van der Waals surface area contributed by atoms with Crippen LogP contribution in [-0.4, -0.2) is 6.29 Å². The zero-order valence-electron chi connectivity index (χ0n) is 8.76. The molecule has 0 aliphatic heterocycles. The molecule has 0 unspecified atom stereocenters. The van der Waals surface area contributed by atoms with Gasteiger partial charge in [-0.05, 0) is 30.7 Å². The maximum atomic E-state index is 10.6. The predicted octanol–water partition coefficient (Wildman–Crippen LogP) is 5.03. The summed E-state index contributed by atoms with van der Waals surface area (Å²) in [6, 6.07) is 4.80. The number of aldehydes is 1. The van der Waals surface area contributed by atoms with Gasteiger partial charge in [-0.3, -0.25) is 4.79 Å². The van der Waals surface area contributed by atoms with Gasteiger partial charge in [-0.1, -0.05) is 34.8 Å². The van der Waals surface area contributed by atoms with E-state index in [2.05, 4.69) is 0 Å². The van der Waals surface area contributed by atoms with Crippen molar-refractivity contribution in [3.8, 4) is 11.3 Å². The van der Waals surface area contributed by atoms with Gasteiger partial charge < -0.3 is 4.42 Å². The highest BCUT2D eigenvalue weighted by Gasteiger charge is 2.16. The first-order valence-corrected chi connectivity index (χ1v) is 5.87. The summed E-state index contributed by atoms with van der Waals surface area (Å²) in [5.41, 5.74) is 1.26. The lowest BCUT2D eigenvalue weighted by atomic mass is 10.1. The van der Waals surface area contributed by atoms with E-state index in [4.69, 9.17) is 39.2 Å². The highest BCUT2D eigenvalue weighted by atomic mass is 35.5. The molecule has 1 aromatic heterocycles. The monoisotopic (exact) mass is 288 g/mol. The molecule has 0 saturated heterocycles. The van der Waals surface area contributed by atoms with Crippen LogP contribution >= 0.6 is 34.8 Å². The summed E-state index contributed by atoms with van der Waals surface area (Å²) in [6.07, 6.45) is 0.619. The van der Waals surface area contributed by atoms with E-state index in [1.54, 1.807) is 25.1 Å². The van der Waals surface area contributed by atoms with Crippen molar-refractivity contribution in [2.45, 2.75) is 6.92 Å². The number of halogens is 3. The van der Waals surface area contributed by atoms with Crippen molar-refractivity contribution in [1.29, 1.82) is 0 Å². The van der Waals surface area contributed by atoms with Crippen LogP contribution in [0.5, 0.6) is 0 Å². The van der Waals surface area contributed by atoms with Crippen LogP contribution in [0.4, 0.5) is 0 Å². The van der Waals surface area contributed by atoms with Crippen molar-refractivity contribution in [2.75, 3.05) is 0 Å². The topological polar surface area (TPSA) is 30.2 Å². The van der Waals surface area contributed by atoms with Gasteiger partial charge in [0.15, 0.2) is 12.0 Å². The predicted molar refractivity (Wildman–Crippen MR) is 69.3 cm³/mol. The maximum Gasteiger partial charge on any atom is 0.185 e. The quantitative estimate of drug-likeness (QED) is 0.726. The highest BCUT2D eigenvalue weighted by Crippen LogP contribution is 2.40. The maximum absolute atomic E-state index is 10.6. The van der Waals surface area contributed by atoms with E-state index in [0.29, 0.717) is 32.7 Å². The fraction of sp³-hybridized carbons (Fsp3) is 0.0833. The first-order valence-electron chi connectivity index (χ1n) is 4.74. The van der Waals surface area contributed by atoms with Crippen LogP contribution in [0.25, 0.3) is 11.3 Å². The van der Waals surface area contributed by atoms with E-state index in [1.807, 2.05) is 0 Å². The Balaban J connectivity index is 2.66. The van der Waals surface area contributed by atoms with Crippen LogP contribution < -0.4 is 0 Å². The second kappa shape index (κ2) is 4.73. The zero-order chi connectivity index (χ0) is 12.6. The van der Waals surface area contributed by atoms with Crippen molar-refractivity contribution in [1.82, 2.24) is 0 Å². The molecule has 0 spiro atoms. The van der Waals surface area contributed by atoms with E-state index in [-0.39, 0.29) is 5.76 Å². The fourth-order valence-electron chi connectivity index (χ4n) is 1.47. The van der Waals surface area contributed by atoms with Crippen LogP contribution in [0.1, 0.15) is 16.1 Å². The zero-order valence-corrected chi connectivity index (χ0v) is 11.0. The van der Waals surface area contributed by atoms with E-state index >= 15 is 0 Å². The largest absolute Gasteiger partial charge is 0.453 e. The Bertz CT molecular complexity index is 588. The minimum Gasteiger partial charge on any atom is -0.453 e. The van der Waals surface area contributed by atoms with Crippen molar-refractivity contribution >= 4 is 41.1 Å². The Labute approximate surface area is 113 Å². The molecule has 0 aliphatic rings. The van der Waals surface area contributed by atoms with Gasteiger partial charge in [-0.25, -0.2) is 0 Å². The molecule has 0 saturated carbocycles. The molecule has 2 aromatic rings. The van der Waals surface area contributed by atoms with E-state index in [9.17, 15) is 4.79 Å². The minimum absolute atomic E-state index is 0.222. The number of carbonyl (C=O) groups is 1. The summed E-state index contributed by atoms with van der Waals surface area (Å²) in [6.45, 7) is 1.79. The van der Waals surface area contributed by atoms with E-state index in [0.717, 1.165) is 5.56 Å². The molecular weight excluding hydrogens is 282 g/mol. The third-order valence-electron chi connectivity index (χ3n) is 2.39. The lowest BCUT2D eigenvalue weighted by molar-refractivity contribution is 0.110. The average Bonchev–Trinajstić information content (AvgIpc) is 2.74. The summed E-state index contributed by atoms with van der Waals surface area (Å²) in [4.78, 5) is 10.6. The molecule has 0 fully saturated rings. The summed E-state index contributed by atoms with van der Waals surface area (Å²) in [5.74, 6) is 0.668. The van der Waals surface area contributed by atoms with Crippen LogP contribution in [0.2, 0.25) is 15.1 Å². The van der Waals surface area contributed by atoms with Crippen LogP contribution in [0.15, 0.2) is 22.6 Å². The summed E-state index contributed by atoms with van der Waals surface area (Å²) in [5, 5.41) is 1.30. The van der Waals surface area contributed by atoms with Gasteiger partial charge in [0.1, 0.15) is 5.76 Å². The highest BCUT2D eigenvalue weighted by molar-refractivity contribution is 6.42. The standard InChI is InChI=1S/C12H7Cl3O2/c1-6-8(13)4-9(14)11(12(6)15)10-3-2-7(5-16)17-10/h2-5H,1H3. The van der Waals surface area contributed by atoms with Gasteiger partial charge in [0.05, 0.1) is 15.6 Å². The van der Waals surface area contributed by atoms with Crippen molar-refractivity contribution < 1.29 is 9.21 Å². The van der Waals surface area contributed by atoms with Gasteiger partial charge in [-0.2, -0.15) is 0 Å². The molecule has 88 valence electrons. The molecule has 2 nitrogen and oxygen atoms in total. The normalized spacial score (nSPS) is 10.6. The van der Waals surface area contributed by atoms with Crippen molar-refractivity contribution in [3.05, 3.63) is 44.6 Å². The van der Waals surface area contributed by atoms with Gasteiger partial charge in [-0.15, -0.1) is 0 Å². The number of rotatable bonds is 2. The molecule has 0 aliphatic carbocycles. The van der Waals surface area contributed by atoms with Crippen molar-refractivity contribution in [2.24, 2.45) is 0 Å². The Kier molecular flexibility index (Phi) is 3.48. The molecule has 0 N–H and O–H groups in total. The number of benzene rings is 1. The van der Waals surface area contributed by atoms with Crippen LogP contribution in [-0.2, 0) is 0 Å². The van der Waals surface area contributed by atoms with Gasteiger partial charge in [0.25, 0.3) is 0 Å². The van der Waals surface area contributed by atoms with Crippen molar-refractivity contribution in [3.63, 3.8) is 0 Å². The molecule has 5 heteroatoms. The third-order valence-corrected chi connectivity index (χ3v) is 3.55. The minimum atomic E-state index is 0.222. The summed E-state index contributed by atoms with van der Waals surface area (Å²) >= 11 is 18.2. The molecule has 0 bridgehead atoms. The number of furan rings is 1. The molecule has 0 radical (unpaired) electrons. The molecule has 17 heavy (non-hydrogen) atoms. The van der Waals surface area contributed by atoms with Gasteiger partial charge in [0.2, 0.25) is 0 Å². The SMILES string of the molecule is Cc1c(Cl)cc(Cl)c(-c2ccc(C=O)o2)c1Cl. The Hall–Kier alpha value is -0.960. The smallest absolute Gasteiger partial charge is 0.185 e. The molecule has 2 rings (SSSR count). The van der Waals surface area contributed by atoms with E-state index < -0.39 is 0 Å². The Morgan fingerprint density at radius 3 is 2.47 bits per heavy atom. The molecular formula is C12H7Cl3O2. The molecule has 0 atom stereocenters. The van der Waals surface area contributed by atoms with Gasteiger partial charge >= 0.3 is 0 Å². The second-order valence-corrected chi connectivity index (χ2v) is 4.67. The Morgan fingerprint density at radius 2 is 1.88 bits per heavy atom. The first kappa shape index (κ1) is 12.5. The number of hydrogen-bond acceptors (Lipinski definition) is 2. The summed E-state index contributed by atoms with van der Waals surface area (Å²) in [7, 11) is 0. The molecule has 1 aromatic carbocycles. The lowest BCUT2D eigenvalue weighted by Gasteiger charge is -2.08. The number of hydrogen-bond donors (Lipinski definition) is 0. The van der Waals surface area contributed by atoms with Crippen LogP contribution in [0.3, 0.4) is 0 Å². The number of carbonyl (C=O) groups excluding carboxylic acids is 1. The lowest BCUT2D eigenvalue weighted by Crippen LogP contribution is -1.85. The first-order chi connectivity index (χ1) is 8.04. The fourth-order valence-corrected chi connectivity index (χ4v) is 2.41. The summed E-state index contributed by atoms with van der Waals surface area (Å²) < 4.78 is 5.30. The van der Waals surface area contributed by atoms with Crippen LogP contribution in [0, 0.1) is 6.92 Å². The second-order valence-electron chi connectivity index (χ2n) is 3.47. The van der Waals surface area contributed by atoms with E-state index in [1.165, 1.54) is 0 Å². The molecule has 0 amide bonds. The Morgan fingerprint density at radius 1 is 1.18 bits per heavy atom. The average molecular weight is 290 g/mol. The van der Waals surface area contributed by atoms with Gasteiger partial charge in [0, 0.05) is 5.02 Å². The third kappa shape index (κ3) is 2.21.